The maximum atomic E-state index is 12.1. The fraction of sp³-hybridized carbons (Fsp3) is 0.235. The molecule has 0 saturated carbocycles. The van der Waals surface area contributed by atoms with Crippen molar-refractivity contribution in [2.75, 3.05) is 0 Å². The van der Waals surface area contributed by atoms with Gasteiger partial charge in [-0.25, -0.2) is 4.79 Å². The van der Waals surface area contributed by atoms with Crippen molar-refractivity contribution in [2.45, 2.75) is 26.2 Å². The number of phenols is 1. The zero-order valence-electron chi connectivity index (χ0n) is 12.2. The minimum absolute atomic E-state index is 0.181. The van der Waals surface area contributed by atoms with E-state index in [2.05, 4.69) is 0 Å². The van der Waals surface area contributed by atoms with Crippen molar-refractivity contribution in [3.63, 3.8) is 0 Å². The molecule has 2 aromatic carbocycles. The second kappa shape index (κ2) is 5.78. The highest BCUT2D eigenvalue weighted by atomic mass is 35.5. The third kappa shape index (κ3) is 3.56. The number of carbonyl (C=O) groups excluding carboxylic acids is 1. The van der Waals surface area contributed by atoms with Crippen molar-refractivity contribution >= 4 is 17.6 Å². The van der Waals surface area contributed by atoms with Crippen molar-refractivity contribution in [2.24, 2.45) is 0 Å². The molecule has 0 bridgehead atoms. The number of rotatable bonds is 2. The second-order valence-electron chi connectivity index (χ2n) is 5.80. The lowest BCUT2D eigenvalue weighted by Gasteiger charge is -2.21. The van der Waals surface area contributed by atoms with Crippen LogP contribution in [0.4, 0.5) is 0 Å². The van der Waals surface area contributed by atoms with Gasteiger partial charge in [-0.2, -0.15) is 0 Å². The Morgan fingerprint density at radius 3 is 2.43 bits per heavy atom. The van der Waals surface area contributed by atoms with Crippen molar-refractivity contribution < 1.29 is 14.6 Å². The van der Waals surface area contributed by atoms with E-state index >= 15 is 0 Å². The third-order valence-corrected chi connectivity index (χ3v) is 3.41. The molecule has 0 amide bonds. The van der Waals surface area contributed by atoms with Crippen LogP contribution in [-0.2, 0) is 5.41 Å². The predicted octanol–water partition coefficient (Wildman–Crippen LogP) is 4.56. The van der Waals surface area contributed by atoms with E-state index in [0.717, 1.165) is 0 Å². The molecule has 3 nitrogen and oxygen atoms in total. The second-order valence-corrected chi connectivity index (χ2v) is 6.21. The van der Waals surface area contributed by atoms with Crippen LogP contribution in [-0.4, -0.2) is 11.1 Å². The van der Waals surface area contributed by atoms with E-state index < -0.39 is 5.97 Å². The van der Waals surface area contributed by atoms with Gasteiger partial charge in [0.25, 0.3) is 0 Å². The maximum Gasteiger partial charge on any atom is 0.345 e. The first-order valence-corrected chi connectivity index (χ1v) is 6.97. The number of ether oxygens (including phenoxy) is 1. The zero-order chi connectivity index (χ0) is 15.6. The molecule has 0 aliphatic heterocycles. The van der Waals surface area contributed by atoms with E-state index in [0.29, 0.717) is 21.9 Å². The minimum Gasteiger partial charge on any atom is -0.508 e. The van der Waals surface area contributed by atoms with Gasteiger partial charge in [0, 0.05) is 5.56 Å². The molecule has 0 unspecified atom stereocenters. The van der Waals surface area contributed by atoms with Crippen LogP contribution in [0.1, 0.15) is 36.7 Å². The molecule has 110 valence electrons. The number of aromatic hydroxyl groups is 1. The van der Waals surface area contributed by atoms with Gasteiger partial charge in [0.1, 0.15) is 11.5 Å². The van der Waals surface area contributed by atoms with Gasteiger partial charge in [-0.15, -0.1) is 0 Å². The van der Waals surface area contributed by atoms with Gasteiger partial charge in [0.15, 0.2) is 0 Å². The maximum absolute atomic E-state index is 12.1. The summed E-state index contributed by atoms with van der Waals surface area (Å²) in [5, 5.41) is 10.2. The molecule has 0 aromatic heterocycles. The van der Waals surface area contributed by atoms with E-state index in [-0.39, 0.29) is 11.2 Å². The molecule has 0 atom stereocenters. The zero-order valence-corrected chi connectivity index (χ0v) is 12.9. The van der Waals surface area contributed by atoms with E-state index in [4.69, 9.17) is 16.3 Å². The molecule has 1 N–H and O–H groups in total. The van der Waals surface area contributed by atoms with Crippen molar-refractivity contribution in [3.05, 3.63) is 58.6 Å². The summed E-state index contributed by atoms with van der Waals surface area (Å²) in [7, 11) is 0. The van der Waals surface area contributed by atoms with E-state index in [9.17, 15) is 9.90 Å². The first kappa shape index (κ1) is 15.4. The van der Waals surface area contributed by atoms with Crippen molar-refractivity contribution in [1.82, 2.24) is 0 Å². The number of carbonyl (C=O) groups is 1. The van der Waals surface area contributed by atoms with Gasteiger partial charge in [0.2, 0.25) is 0 Å². The summed E-state index contributed by atoms with van der Waals surface area (Å²) in [5.74, 6) is 0.0360. The van der Waals surface area contributed by atoms with Crippen molar-refractivity contribution in [3.8, 4) is 11.5 Å². The van der Waals surface area contributed by atoms with Crippen LogP contribution in [0, 0.1) is 0 Å². The Morgan fingerprint density at radius 2 is 1.81 bits per heavy atom. The van der Waals surface area contributed by atoms with E-state index in [1.54, 1.807) is 36.4 Å². The summed E-state index contributed by atoms with van der Waals surface area (Å²) in [4.78, 5) is 12.1. The lowest BCUT2D eigenvalue weighted by atomic mass is 9.86. The van der Waals surface area contributed by atoms with Gasteiger partial charge in [-0.3, -0.25) is 0 Å². The Kier molecular flexibility index (Phi) is 4.24. The Labute approximate surface area is 129 Å². The number of esters is 1. The molecule has 0 spiro atoms. The van der Waals surface area contributed by atoms with E-state index in [1.165, 1.54) is 6.07 Å². The summed E-state index contributed by atoms with van der Waals surface area (Å²) in [6.07, 6.45) is 0. The lowest BCUT2D eigenvalue weighted by Crippen LogP contribution is -2.13. The van der Waals surface area contributed by atoms with Crippen LogP contribution < -0.4 is 4.74 Å². The van der Waals surface area contributed by atoms with Crippen LogP contribution >= 0.6 is 11.6 Å². The summed E-state index contributed by atoms with van der Waals surface area (Å²) < 4.78 is 5.34. The molecule has 21 heavy (non-hydrogen) atoms. The first-order chi connectivity index (χ1) is 9.79. The fourth-order valence-corrected chi connectivity index (χ4v) is 2.18. The summed E-state index contributed by atoms with van der Waals surface area (Å²) in [6, 6.07) is 11.5. The average Bonchev–Trinajstić information content (AvgIpc) is 2.40. The van der Waals surface area contributed by atoms with Gasteiger partial charge in [-0.05, 0) is 35.7 Å². The number of hydrogen-bond acceptors (Lipinski definition) is 3. The molecule has 0 aliphatic rings. The average molecular weight is 305 g/mol. The molecular weight excluding hydrogens is 288 g/mol. The van der Waals surface area contributed by atoms with Crippen LogP contribution in [0.5, 0.6) is 11.5 Å². The molecule has 0 aliphatic carbocycles. The highest BCUT2D eigenvalue weighted by molar-refractivity contribution is 6.33. The number of hydrogen-bond donors (Lipinski definition) is 1. The van der Waals surface area contributed by atoms with Crippen molar-refractivity contribution in [1.29, 1.82) is 0 Å². The van der Waals surface area contributed by atoms with Gasteiger partial charge in [0.05, 0.1) is 10.6 Å². The predicted molar refractivity (Wildman–Crippen MR) is 83.2 cm³/mol. The lowest BCUT2D eigenvalue weighted by molar-refractivity contribution is 0.0734. The molecule has 0 radical (unpaired) electrons. The van der Waals surface area contributed by atoms with Crippen LogP contribution in [0.25, 0.3) is 0 Å². The fourth-order valence-electron chi connectivity index (χ4n) is 1.97. The Hall–Kier alpha value is -2.00. The molecule has 2 rings (SSSR count). The molecule has 2 aromatic rings. The molecular formula is C17H17ClO3. The van der Waals surface area contributed by atoms with E-state index in [1.807, 2.05) is 20.8 Å². The summed E-state index contributed by atoms with van der Waals surface area (Å²) in [5.41, 5.74) is 0.771. The smallest absolute Gasteiger partial charge is 0.345 e. The highest BCUT2D eigenvalue weighted by Crippen LogP contribution is 2.33. The van der Waals surface area contributed by atoms with Gasteiger partial charge in [-0.1, -0.05) is 44.5 Å². The Bertz CT molecular complexity index is 672. The largest absolute Gasteiger partial charge is 0.508 e. The van der Waals surface area contributed by atoms with Crippen LogP contribution in [0.3, 0.4) is 0 Å². The number of phenolic OH excluding ortho intramolecular Hbond substituents is 1. The highest BCUT2D eigenvalue weighted by Gasteiger charge is 2.20. The molecule has 0 saturated heterocycles. The summed E-state index contributed by atoms with van der Waals surface area (Å²) >= 11 is 5.97. The van der Waals surface area contributed by atoms with Gasteiger partial charge < -0.3 is 9.84 Å². The normalized spacial score (nSPS) is 11.2. The molecule has 0 heterocycles. The Morgan fingerprint density at radius 1 is 1.14 bits per heavy atom. The van der Waals surface area contributed by atoms with Crippen LogP contribution in [0.2, 0.25) is 5.02 Å². The topological polar surface area (TPSA) is 46.5 Å². The summed E-state index contributed by atoms with van der Waals surface area (Å²) in [6.45, 7) is 5.92. The van der Waals surface area contributed by atoms with Gasteiger partial charge >= 0.3 is 5.97 Å². The Balaban J connectivity index is 2.29. The molecule has 0 fully saturated rings. The monoisotopic (exact) mass is 304 g/mol. The third-order valence-electron chi connectivity index (χ3n) is 3.08. The number of benzene rings is 2. The first-order valence-electron chi connectivity index (χ1n) is 6.59. The number of halogens is 1. The van der Waals surface area contributed by atoms with Crippen LogP contribution in [0.15, 0.2) is 42.5 Å². The standard InChI is InChI=1S/C17H17ClO3/c1-17(2,3)13-10-11(8-9-15(13)19)21-16(20)12-6-4-5-7-14(12)18/h4-10,19H,1-3H3. The SMILES string of the molecule is CC(C)(C)c1cc(OC(=O)c2ccccc2Cl)ccc1O. The molecule has 4 heteroatoms. The quantitative estimate of drug-likeness (QED) is 0.653. The minimum atomic E-state index is -0.522.